The molecule has 1 aliphatic heterocycles. The number of hydrogen-bond donors (Lipinski definition) is 0. The Morgan fingerprint density at radius 3 is 2.79 bits per heavy atom. The second-order valence-electron chi connectivity index (χ2n) is 7.78. The van der Waals surface area contributed by atoms with Crippen molar-refractivity contribution in [3.63, 3.8) is 0 Å². The molecule has 1 fully saturated rings. The van der Waals surface area contributed by atoms with Gasteiger partial charge in [-0.25, -0.2) is 0 Å². The number of nitrogens with zero attached hydrogens (tertiary/aromatic N) is 8. The zero-order valence-electron chi connectivity index (χ0n) is 18.4. The van der Waals surface area contributed by atoms with Gasteiger partial charge in [0, 0.05) is 0 Å². The molecule has 34 heavy (non-hydrogen) atoms. The van der Waals surface area contributed by atoms with E-state index in [1.54, 1.807) is 36.5 Å². The van der Waals surface area contributed by atoms with Crippen LogP contribution in [0.2, 0.25) is 0 Å². The average molecular weight is 577 g/mol. The minimum absolute atomic E-state index is 0.146. The first-order valence-corrected chi connectivity index (χ1v) is 12.9. The Balaban J connectivity index is 1.47. The molecule has 12 nitrogen and oxygen atoms in total. The number of carbonyl (C=O) groups is 1. The van der Waals surface area contributed by atoms with Crippen LogP contribution in [0, 0.1) is 11.8 Å². The van der Waals surface area contributed by atoms with Crippen molar-refractivity contribution in [1.29, 1.82) is 0 Å². The summed E-state index contributed by atoms with van der Waals surface area (Å²) in [6.45, 7) is 3.86. The Hall–Kier alpha value is -3.29. The molecule has 4 atom stereocenters. The van der Waals surface area contributed by atoms with Crippen LogP contribution in [0.25, 0.3) is 16.3 Å². The molecule has 4 rings (SSSR count). The molecule has 0 radical (unpaired) electrons. The number of alkyl halides is 1. The zero-order valence-corrected chi connectivity index (χ0v) is 20.6. The van der Waals surface area contributed by atoms with E-state index in [0.29, 0.717) is 22.2 Å². The molecule has 3 heterocycles. The summed E-state index contributed by atoms with van der Waals surface area (Å²) in [7, 11) is 0. The second kappa shape index (κ2) is 10.3. The van der Waals surface area contributed by atoms with Crippen LogP contribution in [0.5, 0.6) is 0 Å². The molecule has 1 saturated heterocycles. The predicted molar refractivity (Wildman–Crippen MR) is 115 cm³/mol. The van der Waals surface area contributed by atoms with Crippen molar-refractivity contribution >= 4 is 5.97 Å². The third kappa shape index (κ3) is 4.81. The Kier molecular flexibility index (Phi) is 7.24. The van der Waals surface area contributed by atoms with Gasteiger partial charge in [-0.2, -0.15) is 0 Å². The molecule has 178 valence electrons. The number of azide groups is 1. The standard InChI is InChI=1S/C21H22IN8O4/c1-14-15(2)21(27-28-23,9-10-22-34-19(31)16-6-4-3-5-7-16)33-18(14)29-11-8-17(26-20(29)32)30-13-24-12-25-30/h3-8,11-15,18H,9-10H2,1-2H3/q-1. The van der Waals surface area contributed by atoms with Crippen LogP contribution >= 0.6 is 0 Å². The van der Waals surface area contributed by atoms with Gasteiger partial charge >= 0.3 is 206 Å². The van der Waals surface area contributed by atoms with E-state index in [2.05, 4.69) is 25.1 Å². The first kappa shape index (κ1) is 23.9. The fourth-order valence-electron chi connectivity index (χ4n) is 3.85. The van der Waals surface area contributed by atoms with Crippen LogP contribution in [0.3, 0.4) is 0 Å². The molecular formula is C21H22IN8O4-. The van der Waals surface area contributed by atoms with Gasteiger partial charge in [0.1, 0.15) is 0 Å². The average Bonchev–Trinajstić information content (AvgIpc) is 3.47. The van der Waals surface area contributed by atoms with Crippen LogP contribution in [0.15, 0.2) is 65.2 Å². The number of rotatable bonds is 8. The molecule has 1 aliphatic rings. The van der Waals surface area contributed by atoms with Crippen molar-refractivity contribution in [3.8, 4) is 5.82 Å². The number of ether oxygens (including phenoxy) is 1. The summed E-state index contributed by atoms with van der Waals surface area (Å²) < 4.78 is 15.0. The van der Waals surface area contributed by atoms with E-state index < -0.39 is 39.3 Å². The quantitative estimate of drug-likeness (QED) is 0.0905. The molecule has 13 heteroatoms. The van der Waals surface area contributed by atoms with Crippen LogP contribution < -0.4 is 27.3 Å². The van der Waals surface area contributed by atoms with E-state index in [1.165, 1.54) is 21.9 Å². The fraction of sp³-hybridized carbons (Fsp3) is 0.381. The Labute approximate surface area is 205 Å². The molecule has 0 N–H and O–H groups in total. The number of aromatic nitrogens is 5. The molecule has 0 saturated carbocycles. The Morgan fingerprint density at radius 1 is 1.32 bits per heavy atom. The summed E-state index contributed by atoms with van der Waals surface area (Å²) in [6.07, 6.45) is 4.08. The molecule has 0 bridgehead atoms. The number of halogens is 1. The van der Waals surface area contributed by atoms with Crippen molar-refractivity contribution in [2.75, 3.05) is 4.43 Å². The number of carbonyl (C=O) groups excluding carboxylic acids is 1. The molecule has 0 aliphatic carbocycles. The Morgan fingerprint density at radius 2 is 2.12 bits per heavy atom. The van der Waals surface area contributed by atoms with Gasteiger partial charge in [-0.15, -0.1) is 0 Å². The summed E-state index contributed by atoms with van der Waals surface area (Å²) in [5.74, 6) is -0.372. The fourth-order valence-corrected chi connectivity index (χ4v) is 5.60. The van der Waals surface area contributed by atoms with Crippen molar-refractivity contribution in [2.45, 2.75) is 32.2 Å². The number of benzene rings is 1. The number of hydrogen-bond acceptors (Lipinski definition) is 8. The van der Waals surface area contributed by atoms with Crippen molar-refractivity contribution in [1.82, 2.24) is 24.3 Å². The maximum absolute atomic E-state index is 12.8. The van der Waals surface area contributed by atoms with Crippen LogP contribution in [-0.2, 0) is 7.80 Å². The van der Waals surface area contributed by atoms with Gasteiger partial charge in [0.25, 0.3) is 0 Å². The summed E-state index contributed by atoms with van der Waals surface area (Å²) in [5, 5.41) is 7.98. The molecule has 4 unspecified atom stereocenters. The molecule has 0 spiro atoms. The summed E-state index contributed by atoms with van der Waals surface area (Å²) in [4.78, 5) is 35.9. The molecule has 0 amide bonds. The monoisotopic (exact) mass is 577 g/mol. The van der Waals surface area contributed by atoms with Crippen LogP contribution in [0.1, 0.15) is 36.9 Å². The van der Waals surface area contributed by atoms with Crippen molar-refractivity contribution in [2.24, 2.45) is 17.0 Å². The van der Waals surface area contributed by atoms with E-state index >= 15 is 0 Å². The van der Waals surface area contributed by atoms with Gasteiger partial charge in [-0.1, -0.05) is 0 Å². The van der Waals surface area contributed by atoms with Crippen molar-refractivity contribution in [3.05, 3.63) is 81.7 Å². The van der Waals surface area contributed by atoms with E-state index in [4.69, 9.17) is 7.80 Å². The third-order valence-corrected chi connectivity index (χ3v) is 7.59. The normalized spacial score (nSPS) is 24.0. The predicted octanol–water partition coefficient (Wildman–Crippen LogP) is -0.117. The Bertz CT molecular complexity index is 1250. The van der Waals surface area contributed by atoms with Gasteiger partial charge in [-0.3, -0.25) is 0 Å². The summed E-state index contributed by atoms with van der Waals surface area (Å²) >= 11 is -0.948. The van der Waals surface area contributed by atoms with Gasteiger partial charge in [0.15, 0.2) is 0 Å². The van der Waals surface area contributed by atoms with Gasteiger partial charge in [0.2, 0.25) is 0 Å². The van der Waals surface area contributed by atoms with Gasteiger partial charge < -0.3 is 0 Å². The second-order valence-corrected chi connectivity index (χ2v) is 9.93. The first-order chi connectivity index (χ1) is 16.4. The molecule has 1 aromatic carbocycles. The van der Waals surface area contributed by atoms with Gasteiger partial charge in [0.05, 0.1) is 0 Å². The van der Waals surface area contributed by atoms with Crippen LogP contribution in [0.4, 0.5) is 0 Å². The van der Waals surface area contributed by atoms with E-state index in [0.717, 1.165) is 0 Å². The zero-order chi connectivity index (χ0) is 24.1. The molecule has 3 aromatic rings. The van der Waals surface area contributed by atoms with E-state index in [9.17, 15) is 15.1 Å². The topological polar surface area (TPSA) is 150 Å². The van der Waals surface area contributed by atoms with Gasteiger partial charge in [-0.05, 0) is 0 Å². The summed E-state index contributed by atoms with van der Waals surface area (Å²) in [6, 6.07) is 10.4. The SMILES string of the molecule is CC1C(n2ccc(-n3cncn3)nc2=O)OC(CC[I-]OC(=O)c2ccccc2)(N=[N+]=[N-])C1C. The minimum atomic E-state index is -1.16. The third-order valence-electron chi connectivity index (χ3n) is 5.90. The summed E-state index contributed by atoms with van der Waals surface area (Å²) in [5.41, 5.74) is 8.06. The van der Waals surface area contributed by atoms with E-state index in [1.807, 2.05) is 19.9 Å². The first-order valence-electron chi connectivity index (χ1n) is 10.5. The maximum atomic E-state index is 12.8. The van der Waals surface area contributed by atoms with Crippen LogP contribution in [-0.4, -0.2) is 40.4 Å². The van der Waals surface area contributed by atoms with E-state index in [-0.39, 0.29) is 17.8 Å². The molecular weight excluding hydrogens is 555 g/mol. The van der Waals surface area contributed by atoms with Crippen molar-refractivity contribution < 1.29 is 34.2 Å². The molecule has 2 aromatic heterocycles.